The molecule has 0 unspecified atom stereocenters. The smallest absolute Gasteiger partial charge is 0.302 e. The minimum atomic E-state index is -0.539. The minimum Gasteiger partial charge on any atom is -0.460 e. The Balaban J connectivity index is 1.55. The summed E-state index contributed by atoms with van der Waals surface area (Å²) >= 11 is 0. The Labute approximate surface area is 174 Å². The van der Waals surface area contributed by atoms with E-state index in [1.54, 1.807) is 0 Å². The highest BCUT2D eigenvalue weighted by molar-refractivity contribution is 5.79. The van der Waals surface area contributed by atoms with Crippen LogP contribution >= 0.6 is 0 Å². The third-order valence-electron chi connectivity index (χ3n) is 9.83. The number of carbonyl (C=O) groups excluding carboxylic acids is 2. The molecule has 0 aliphatic heterocycles. The quantitative estimate of drug-likeness (QED) is 0.698. The first-order valence-electron chi connectivity index (χ1n) is 11.7. The molecular formula is C24H38O5. The van der Waals surface area contributed by atoms with Crippen LogP contribution in [-0.4, -0.2) is 40.8 Å². The van der Waals surface area contributed by atoms with Gasteiger partial charge < -0.3 is 14.9 Å². The van der Waals surface area contributed by atoms with Gasteiger partial charge in [0, 0.05) is 13.3 Å². The molecule has 5 heteroatoms. The highest BCUT2D eigenvalue weighted by Crippen LogP contribution is 2.67. The molecule has 0 aromatic rings. The van der Waals surface area contributed by atoms with E-state index < -0.39 is 6.10 Å². The number of hydrogen-bond donors (Lipinski definition) is 2. The van der Waals surface area contributed by atoms with E-state index in [1.807, 2.05) is 0 Å². The van der Waals surface area contributed by atoms with Gasteiger partial charge in [-0.15, -0.1) is 0 Å². The predicted molar refractivity (Wildman–Crippen MR) is 109 cm³/mol. The van der Waals surface area contributed by atoms with Crippen LogP contribution in [0.15, 0.2) is 0 Å². The van der Waals surface area contributed by atoms with Crippen LogP contribution in [-0.2, 0) is 14.3 Å². The van der Waals surface area contributed by atoms with Gasteiger partial charge >= 0.3 is 5.97 Å². The highest BCUT2D eigenvalue weighted by atomic mass is 16.6. The van der Waals surface area contributed by atoms with E-state index in [-0.39, 0.29) is 35.3 Å². The average Bonchev–Trinajstić information content (AvgIpc) is 2.98. The lowest BCUT2D eigenvalue weighted by atomic mass is 9.44. The molecule has 0 heterocycles. The molecule has 0 amide bonds. The van der Waals surface area contributed by atoms with Gasteiger partial charge in [0.1, 0.15) is 12.7 Å². The number of Topliss-reactive ketones (excluding diaryl/α,β-unsaturated/α-hetero) is 1. The molecule has 0 bridgehead atoms. The lowest BCUT2D eigenvalue weighted by molar-refractivity contribution is -0.182. The fourth-order valence-corrected chi connectivity index (χ4v) is 8.37. The summed E-state index contributed by atoms with van der Waals surface area (Å²) in [6, 6.07) is 0. The maximum absolute atomic E-state index is 11.9. The second kappa shape index (κ2) is 7.64. The van der Waals surface area contributed by atoms with E-state index in [2.05, 4.69) is 13.8 Å². The van der Waals surface area contributed by atoms with Gasteiger partial charge in [0.2, 0.25) is 0 Å². The Hall–Kier alpha value is -0.940. The fourth-order valence-electron chi connectivity index (χ4n) is 8.37. The van der Waals surface area contributed by atoms with E-state index in [9.17, 15) is 19.8 Å². The van der Waals surface area contributed by atoms with Crippen molar-refractivity contribution in [1.82, 2.24) is 0 Å². The van der Waals surface area contributed by atoms with Gasteiger partial charge in [-0.05, 0) is 91.8 Å². The van der Waals surface area contributed by atoms with E-state index >= 15 is 0 Å². The summed E-state index contributed by atoms with van der Waals surface area (Å²) in [5.74, 6) is 2.51. The zero-order valence-electron chi connectivity index (χ0n) is 18.2. The number of aliphatic hydroxyl groups is 2. The maximum atomic E-state index is 11.9. The molecule has 4 fully saturated rings. The minimum absolute atomic E-state index is 0.0137. The molecule has 164 valence electrons. The number of rotatable bonds is 4. The van der Waals surface area contributed by atoms with Crippen molar-refractivity contribution in [3.05, 3.63) is 0 Å². The molecule has 9 atom stereocenters. The molecular weight excluding hydrogens is 368 g/mol. The summed E-state index contributed by atoms with van der Waals surface area (Å²) < 4.78 is 5.53. The van der Waals surface area contributed by atoms with Crippen molar-refractivity contribution >= 4 is 11.8 Å². The number of hydrogen-bond acceptors (Lipinski definition) is 5. The molecule has 4 aliphatic rings. The Morgan fingerprint density at radius 2 is 1.76 bits per heavy atom. The molecule has 4 aliphatic carbocycles. The highest BCUT2D eigenvalue weighted by Gasteiger charge is 2.61. The number of aliphatic hydroxyl groups excluding tert-OH is 2. The molecule has 0 aromatic carbocycles. The van der Waals surface area contributed by atoms with Crippen molar-refractivity contribution in [2.75, 3.05) is 6.61 Å². The second-order valence-corrected chi connectivity index (χ2v) is 11.0. The van der Waals surface area contributed by atoms with E-state index in [0.29, 0.717) is 36.0 Å². The summed E-state index contributed by atoms with van der Waals surface area (Å²) in [4.78, 5) is 23.5. The molecule has 29 heavy (non-hydrogen) atoms. The zero-order chi connectivity index (χ0) is 21.0. The van der Waals surface area contributed by atoms with Crippen LogP contribution in [0, 0.1) is 40.4 Å². The summed E-state index contributed by atoms with van der Waals surface area (Å²) in [6.45, 7) is 5.89. The van der Waals surface area contributed by atoms with Crippen LogP contribution in [0.4, 0.5) is 0 Å². The van der Waals surface area contributed by atoms with Gasteiger partial charge in [-0.2, -0.15) is 0 Å². The average molecular weight is 407 g/mol. The maximum Gasteiger partial charge on any atom is 0.302 e. The molecule has 0 spiro atoms. The SMILES string of the molecule is CC(=O)O[C@H]1C[C@@]2(C)[C@@H](CC[C@@H]3[C@@H]2CC[C@]2(C)[C@@H](CC(=O)CO)CC[C@@H]32)C[C@@H]1O. The van der Waals surface area contributed by atoms with E-state index in [0.717, 1.165) is 38.5 Å². The lowest BCUT2D eigenvalue weighted by Gasteiger charge is -2.61. The summed E-state index contributed by atoms with van der Waals surface area (Å²) in [6.07, 6.45) is 8.10. The van der Waals surface area contributed by atoms with Crippen molar-refractivity contribution < 1.29 is 24.5 Å². The normalized spacial score (nSPS) is 48.9. The largest absolute Gasteiger partial charge is 0.460 e. The van der Waals surface area contributed by atoms with Crippen LogP contribution in [0.2, 0.25) is 0 Å². The summed E-state index contributed by atoms with van der Waals surface area (Å²) in [5.41, 5.74) is 0.321. The van der Waals surface area contributed by atoms with Gasteiger partial charge in [-0.25, -0.2) is 0 Å². The number of esters is 1. The van der Waals surface area contributed by atoms with Crippen molar-refractivity contribution in [2.24, 2.45) is 40.4 Å². The third-order valence-corrected chi connectivity index (χ3v) is 9.83. The van der Waals surface area contributed by atoms with E-state index in [1.165, 1.54) is 19.8 Å². The van der Waals surface area contributed by atoms with Gasteiger partial charge in [0.15, 0.2) is 5.78 Å². The molecule has 5 nitrogen and oxygen atoms in total. The first-order valence-corrected chi connectivity index (χ1v) is 11.7. The van der Waals surface area contributed by atoms with Crippen LogP contribution in [0.5, 0.6) is 0 Å². The molecule has 0 saturated heterocycles. The molecule has 0 aromatic heterocycles. The summed E-state index contributed by atoms with van der Waals surface area (Å²) in [5, 5.41) is 19.8. The van der Waals surface area contributed by atoms with Crippen molar-refractivity contribution in [1.29, 1.82) is 0 Å². The Bertz CT molecular complexity index is 662. The molecule has 4 saturated carbocycles. The molecule has 0 radical (unpaired) electrons. The van der Waals surface area contributed by atoms with Crippen LogP contribution in [0.1, 0.15) is 78.6 Å². The van der Waals surface area contributed by atoms with Crippen molar-refractivity contribution in [3.8, 4) is 0 Å². The number of ether oxygens (including phenoxy) is 1. The predicted octanol–water partition coefficient (Wildman–Crippen LogP) is 3.50. The number of fused-ring (bicyclic) bond motifs is 5. The molecule has 2 N–H and O–H groups in total. The summed E-state index contributed by atoms with van der Waals surface area (Å²) in [7, 11) is 0. The van der Waals surface area contributed by atoms with Crippen molar-refractivity contribution in [3.63, 3.8) is 0 Å². The standard InChI is InChI=1S/C24H38O5/c1-14(26)29-22-12-24(3)16(11-21(22)28)4-6-18-19-7-5-15(10-17(27)13-25)23(19,2)9-8-20(18)24/h15-16,18-22,25,28H,4-13H2,1-3H3/t15-,16+,18+,19+,20+,21+,22+,23-,24+/m1/s1. The lowest BCUT2D eigenvalue weighted by Crippen LogP contribution is -2.57. The monoisotopic (exact) mass is 406 g/mol. The van der Waals surface area contributed by atoms with E-state index in [4.69, 9.17) is 4.74 Å². The van der Waals surface area contributed by atoms with Gasteiger partial charge in [-0.1, -0.05) is 13.8 Å². The van der Waals surface area contributed by atoms with Gasteiger partial charge in [-0.3, -0.25) is 9.59 Å². The van der Waals surface area contributed by atoms with Gasteiger partial charge in [0.05, 0.1) is 6.10 Å². The second-order valence-electron chi connectivity index (χ2n) is 11.0. The van der Waals surface area contributed by atoms with Crippen LogP contribution in [0.25, 0.3) is 0 Å². The van der Waals surface area contributed by atoms with Crippen LogP contribution in [0.3, 0.4) is 0 Å². The first-order chi connectivity index (χ1) is 13.7. The number of carbonyl (C=O) groups is 2. The Kier molecular flexibility index (Phi) is 5.61. The van der Waals surface area contributed by atoms with Gasteiger partial charge in [0.25, 0.3) is 0 Å². The third kappa shape index (κ3) is 3.46. The topological polar surface area (TPSA) is 83.8 Å². The zero-order valence-corrected chi connectivity index (χ0v) is 18.2. The Morgan fingerprint density at radius 1 is 1.03 bits per heavy atom. The fraction of sp³-hybridized carbons (Fsp3) is 0.917. The molecule has 4 rings (SSSR count). The number of ketones is 1. The first kappa shape index (κ1) is 21.3. The van der Waals surface area contributed by atoms with Crippen LogP contribution < -0.4 is 0 Å². The Morgan fingerprint density at radius 3 is 2.45 bits per heavy atom. The van der Waals surface area contributed by atoms with Crippen molar-refractivity contribution in [2.45, 2.75) is 90.8 Å².